The van der Waals surface area contributed by atoms with E-state index in [-0.39, 0.29) is 6.61 Å². The van der Waals surface area contributed by atoms with E-state index in [1.807, 2.05) is 4.68 Å². The lowest BCUT2D eigenvalue weighted by Crippen LogP contribution is -2.39. The van der Waals surface area contributed by atoms with E-state index >= 15 is 0 Å². The highest BCUT2D eigenvalue weighted by molar-refractivity contribution is 5.24. The summed E-state index contributed by atoms with van der Waals surface area (Å²) in [5.74, 6) is 0. The first-order valence-electron chi connectivity index (χ1n) is 9.60. The second kappa shape index (κ2) is 8.63. The molecule has 1 aromatic heterocycles. The molecular weight excluding hydrogens is 310 g/mol. The first-order valence-corrected chi connectivity index (χ1v) is 9.60. The van der Waals surface area contributed by atoms with Crippen LogP contribution in [0.1, 0.15) is 48.2 Å². The largest absolute Gasteiger partial charge is 0.394 e. The van der Waals surface area contributed by atoms with Crippen LogP contribution in [0.5, 0.6) is 0 Å². The number of likely N-dealkylation sites (tertiary alicyclic amines) is 1. The van der Waals surface area contributed by atoms with Gasteiger partial charge in [-0.2, -0.15) is 5.10 Å². The summed E-state index contributed by atoms with van der Waals surface area (Å²) in [4.78, 5) is 2.66. The lowest BCUT2D eigenvalue weighted by atomic mass is 9.95. The maximum absolute atomic E-state index is 9.21. The predicted molar refractivity (Wildman–Crippen MR) is 102 cm³/mol. The molecule has 1 atom stereocenters. The molecule has 0 amide bonds. The van der Waals surface area contributed by atoms with E-state index in [0.29, 0.717) is 12.6 Å². The molecule has 4 heteroatoms. The molecule has 0 aliphatic carbocycles. The van der Waals surface area contributed by atoms with Crippen LogP contribution in [0, 0.1) is 13.8 Å². The molecule has 1 aliphatic rings. The number of aryl methyl sites for hydroxylation is 2. The van der Waals surface area contributed by atoms with E-state index in [1.54, 1.807) is 0 Å². The number of hydrogen-bond acceptors (Lipinski definition) is 3. The summed E-state index contributed by atoms with van der Waals surface area (Å²) in [6, 6.07) is 11.5. The molecule has 4 nitrogen and oxygen atoms in total. The summed E-state index contributed by atoms with van der Waals surface area (Å²) in [6.07, 6.45) is 6.33. The molecule has 1 unspecified atom stereocenters. The van der Waals surface area contributed by atoms with Crippen LogP contribution in [-0.4, -0.2) is 39.0 Å². The zero-order valence-corrected chi connectivity index (χ0v) is 15.6. The van der Waals surface area contributed by atoms with E-state index in [2.05, 4.69) is 54.2 Å². The fraction of sp³-hybridized carbons (Fsp3) is 0.571. The average molecular weight is 341 g/mol. The van der Waals surface area contributed by atoms with Crippen molar-refractivity contribution >= 4 is 0 Å². The standard InChI is InChI=1S/C21H31N3O/c1-17-21(18(2)24(22-17)14-15-25)16-23-13-7-6-10-20(23)12-11-19-8-4-3-5-9-19/h3-5,8-9,20,25H,6-7,10-16H2,1-2H3. The van der Waals surface area contributed by atoms with Crippen LogP contribution in [0.25, 0.3) is 0 Å². The predicted octanol–water partition coefficient (Wildman–Crippen LogP) is 3.48. The van der Waals surface area contributed by atoms with Crippen molar-refractivity contribution in [2.45, 2.75) is 65.1 Å². The quantitative estimate of drug-likeness (QED) is 0.838. The monoisotopic (exact) mass is 341 g/mol. The fourth-order valence-corrected chi connectivity index (χ4v) is 4.05. The van der Waals surface area contributed by atoms with Gasteiger partial charge >= 0.3 is 0 Å². The van der Waals surface area contributed by atoms with Gasteiger partial charge in [0.05, 0.1) is 18.8 Å². The van der Waals surface area contributed by atoms with Gasteiger partial charge in [-0.05, 0) is 51.6 Å². The van der Waals surface area contributed by atoms with Gasteiger partial charge in [0, 0.05) is 23.8 Å². The van der Waals surface area contributed by atoms with Crippen molar-refractivity contribution in [1.29, 1.82) is 0 Å². The van der Waals surface area contributed by atoms with Crippen LogP contribution in [0.2, 0.25) is 0 Å². The molecule has 1 fully saturated rings. The Morgan fingerprint density at radius 2 is 1.96 bits per heavy atom. The average Bonchev–Trinajstić information content (AvgIpc) is 2.90. The molecular formula is C21H31N3O. The number of hydrogen-bond donors (Lipinski definition) is 1. The number of aliphatic hydroxyl groups excluding tert-OH is 1. The number of aliphatic hydroxyl groups is 1. The highest BCUT2D eigenvalue weighted by Gasteiger charge is 2.24. The minimum Gasteiger partial charge on any atom is -0.394 e. The first kappa shape index (κ1) is 18.2. The molecule has 1 aromatic carbocycles. The van der Waals surface area contributed by atoms with Gasteiger partial charge < -0.3 is 5.11 Å². The maximum atomic E-state index is 9.21. The van der Waals surface area contributed by atoms with E-state index in [0.717, 1.165) is 18.7 Å². The van der Waals surface area contributed by atoms with E-state index in [9.17, 15) is 5.11 Å². The third kappa shape index (κ3) is 4.50. The van der Waals surface area contributed by atoms with Gasteiger partial charge in [-0.25, -0.2) is 0 Å². The zero-order chi connectivity index (χ0) is 17.6. The van der Waals surface area contributed by atoms with Gasteiger partial charge in [0.25, 0.3) is 0 Å². The van der Waals surface area contributed by atoms with Crippen LogP contribution >= 0.6 is 0 Å². The van der Waals surface area contributed by atoms with E-state index in [1.165, 1.54) is 49.0 Å². The molecule has 25 heavy (non-hydrogen) atoms. The van der Waals surface area contributed by atoms with Crippen molar-refractivity contribution in [2.75, 3.05) is 13.2 Å². The summed E-state index contributed by atoms with van der Waals surface area (Å²) in [5.41, 5.74) is 5.11. The molecule has 0 spiro atoms. The third-order valence-corrected chi connectivity index (χ3v) is 5.56. The number of piperidine rings is 1. The SMILES string of the molecule is Cc1nn(CCO)c(C)c1CN1CCCCC1CCc1ccccc1. The molecule has 0 saturated carbocycles. The zero-order valence-electron chi connectivity index (χ0n) is 15.6. The van der Waals surface area contributed by atoms with Crippen LogP contribution in [0.3, 0.4) is 0 Å². The number of nitrogens with zero attached hydrogens (tertiary/aromatic N) is 3. The number of benzene rings is 1. The van der Waals surface area contributed by atoms with Crippen molar-refractivity contribution in [3.8, 4) is 0 Å². The highest BCUT2D eigenvalue weighted by Crippen LogP contribution is 2.25. The lowest BCUT2D eigenvalue weighted by Gasteiger charge is -2.36. The molecule has 3 rings (SSSR count). The van der Waals surface area contributed by atoms with Gasteiger partial charge in [0.2, 0.25) is 0 Å². The van der Waals surface area contributed by atoms with Gasteiger partial charge in [-0.15, -0.1) is 0 Å². The summed E-state index contributed by atoms with van der Waals surface area (Å²) in [6.45, 7) is 7.13. The molecule has 1 aliphatic heterocycles. The Hall–Kier alpha value is -1.65. The van der Waals surface area contributed by atoms with Crippen LogP contribution in [-0.2, 0) is 19.5 Å². The Morgan fingerprint density at radius 1 is 1.16 bits per heavy atom. The minimum atomic E-state index is 0.144. The molecule has 136 valence electrons. The molecule has 0 bridgehead atoms. The fourth-order valence-electron chi connectivity index (χ4n) is 4.05. The maximum Gasteiger partial charge on any atom is 0.0644 e. The van der Waals surface area contributed by atoms with Crippen molar-refractivity contribution in [3.63, 3.8) is 0 Å². The minimum absolute atomic E-state index is 0.144. The molecule has 2 aromatic rings. The van der Waals surface area contributed by atoms with Gasteiger partial charge in [-0.3, -0.25) is 9.58 Å². The summed E-state index contributed by atoms with van der Waals surface area (Å²) >= 11 is 0. The van der Waals surface area contributed by atoms with Crippen molar-refractivity contribution in [1.82, 2.24) is 14.7 Å². The highest BCUT2D eigenvalue weighted by atomic mass is 16.3. The second-order valence-electron chi connectivity index (χ2n) is 7.24. The van der Waals surface area contributed by atoms with Crippen molar-refractivity contribution in [3.05, 3.63) is 52.8 Å². The smallest absolute Gasteiger partial charge is 0.0644 e. The lowest BCUT2D eigenvalue weighted by molar-refractivity contribution is 0.132. The van der Waals surface area contributed by atoms with Crippen molar-refractivity contribution in [2.24, 2.45) is 0 Å². The second-order valence-corrected chi connectivity index (χ2v) is 7.24. The Morgan fingerprint density at radius 3 is 2.72 bits per heavy atom. The number of rotatable bonds is 7. The summed E-state index contributed by atoms with van der Waals surface area (Å²) < 4.78 is 1.95. The topological polar surface area (TPSA) is 41.3 Å². The Kier molecular flexibility index (Phi) is 6.27. The molecule has 2 heterocycles. The Balaban J connectivity index is 1.67. The van der Waals surface area contributed by atoms with Crippen LogP contribution in [0.4, 0.5) is 0 Å². The summed E-state index contributed by atoms with van der Waals surface area (Å²) in [5, 5.41) is 13.8. The Bertz CT molecular complexity index is 665. The number of aromatic nitrogens is 2. The van der Waals surface area contributed by atoms with Crippen LogP contribution < -0.4 is 0 Å². The van der Waals surface area contributed by atoms with Crippen molar-refractivity contribution < 1.29 is 5.11 Å². The Labute approximate surface area is 151 Å². The van der Waals surface area contributed by atoms with Gasteiger partial charge in [0.1, 0.15) is 0 Å². The van der Waals surface area contributed by atoms with Crippen LogP contribution in [0.15, 0.2) is 30.3 Å². The van der Waals surface area contributed by atoms with Gasteiger partial charge in [-0.1, -0.05) is 36.8 Å². The third-order valence-electron chi connectivity index (χ3n) is 5.56. The van der Waals surface area contributed by atoms with Gasteiger partial charge in [0.15, 0.2) is 0 Å². The summed E-state index contributed by atoms with van der Waals surface area (Å²) in [7, 11) is 0. The van der Waals surface area contributed by atoms with E-state index < -0.39 is 0 Å². The molecule has 1 saturated heterocycles. The van der Waals surface area contributed by atoms with E-state index in [4.69, 9.17) is 0 Å². The molecule has 0 radical (unpaired) electrons. The normalized spacial score (nSPS) is 18.6. The first-order chi connectivity index (χ1) is 12.2. The molecule has 1 N–H and O–H groups in total.